The zero-order chi connectivity index (χ0) is 15.1. The van der Waals surface area contributed by atoms with Crippen LogP contribution in [-0.4, -0.2) is 20.3 Å². The van der Waals surface area contributed by atoms with E-state index in [1.165, 1.54) is 17.7 Å². The molecule has 0 bridgehead atoms. The summed E-state index contributed by atoms with van der Waals surface area (Å²) in [4.78, 5) is 0. The molecule has 0 saturated heterocycles. The van der Waals surface area contributed by atoms with Crippen molar-refractivity contribution in [2.24, 2.45) is 0 Å². The minimum atomic E-state index is -0.333. The van der Waals surface area contributed by atoms with Gasteiger partial charge in [-0.2, -0.15) is 0 Å². The number of nitrogens with one attached hydrogen (secondary N) is 1. The van der Waals surface area contributed by atoms with E-state index in [2.05, 4.69) is 21.2 Å². The van der Waals surface area contributed by atoms with Gasteiger partial charge in [0, 0.05) is 17.1 Å². The van der Waals surface area contributed by atoms with Crippen LogP contribution in [0.15, 0.2) is 46.9 Å². The van der Waals surface area contributed by atoms with E-state index in [4.69, 9.17) is 9.47 Å². The molecule has 0 aliphatic carbocycles. The molecule has 1 N–H and O–H groups in total. The van der Waals surface area contributed by atoms with Crippen molar-refractivity contribution in [2.75, 3.05) is 20.3 Å². The Morgan fingerprint density at radius 3 is 2.29 bits per heavy atom. The summed E-state index contributed by atoms with van der Waals surface area (Å²) >= 11 is 3.22. The molecule has 0 heterocycles. The van der Waals surface area contributed by atoms with Crippen molar-refractivity contribution in [3.63, 3.8) is 0 Å². The van der Waals surface area contributed by atoms with Crippen LogP contribution in [0.4, 0.5) is 4.39 Å². The molecule has 112 valence electrons. The van der Waals surface area contributed by atoms with Gasteiger partial charge in [-0.05, 0) is 36.9 Å². The average molecular weight is 354 g/mol. The molecule has 0 amide bonds. The SMILES string of the molecule is CNCc1ccc(OCCOc2cc(F)cc(Br)c2)cc1. The maximum absolute atomic E-state index is 13.2. The first-order valence-corrected chi connectivity index (χ1v) is 7.42. The summed E-state index contributed by atoms with van der Waals surface area (Å²) in [6.45, 7) is 1.59. The van der Waals surface area contributed by atoms with Crippen molar-refractivity contribution in [3.8, 4) is 11.5 Å². The van der Waals surface area contributed by atoms with Crippen LogP contribution >= 0.6 is 15.9 Å². The molecule has 2 aromatic rings. The molecule has 2 aromatic carbocycles. The second-order valence-electron chi connectivity index (χ2n) is 4.48. The molecule has 3 nitrogen and oxygen atoms in total. The van der Waals surface area contributed by atoms with Gasteiger partial charge >= 0.3 is 0 Å². The van der Waals surface area contributed by atoms with Crippen molar-refractivity contribution in [1.82, 2.24) is 5.32 Å². The topological polar surface area (TPSA) is 30.5 Å². The molecule has 0 aromatic heterocycles. The highest BCUT2D eigenvalue weighted by Crippen LogP contribution is 2.20. The fourth-order valence-electron chi connectivity index (χ4n) is 1.84. The third-order valence-electron chi connectivity index (χ3n) is 2.76. The van der Waals surface area contributed by atoms with E-state index in [1.807, 2.05) is 31.3 Å². The first-order chi connectivity index (χ1) is 10.2. The second-order valence-corrected chi connectivity index (χ2v) is 5.39. The van der Waals surface area contributed by atoms with Crippen LogP contribution in [0.25, 0.3) is 0 Å². The van der Waals surface area contributed by atoms with Gasteiger partial charge in [-0.15, -0.1) is 0 Å². The molecule has 0 spiro atoms. The van der Waals surface area contributed by atoms with Crippen LogP contribution in [0.2, 0.25) is 0 Å². The predicted octanol–water partition coefficient (Wildman–Crippen LogP) is 3.77. The summed E-state index contributed by atoms with van der Waals surface area (Å²) < 4.78 is 24.8. The largest absolute Gasteiger partial charge is 0.490 e. The number of benzene rings is 2. The van der Waals surface area contributed by atoms with Crippen molar-refractivity contribution in [1.29, 1.82) is 0 Å². The second kappa shape index (κ2) is 8.00. The molecule has 0 fully saturated rings. The van der Waals surface area contributed by atoms with E-state index < -0.39 is 0 Å². The van der Waals surface area contributed by atoms with Crippen LogP contribution < -0.4 is 14.8 Å². The van der Waals surface area contributed by atoms with Gasteiger partial charge in [-0.1, -0.05) is 28.1 Å². The zero-order valence-corrected chi connectivity index (χ0v) is 13.3. The first kappa shape index (κ1) is 15.8. The molecule has 0 saturated carbocycles. The normalized spacial score (nSPS) is 10.4. The van der Waals surface area contributed by atoms with E-state index in [0.29, 0.717) is 23.4 Å². The Morgan fingerprint density at radius 2 is 1.67 bits per heavy atom. The van der Waals surface area contributed by atoms with Gasteiger partial charge in [0.1, 0.15) is 30.5 Å². The van der Waals surface area contributed by atoms with Crippen LogP contribution in [0.5, 0.6) is 11.5 Å². The Balaban J connectivity index is 1.76. The summed E-state index contributed by atoms with van der Waals surface area (Å²) in [5, 5.41) is 3.09. The van der Waals surface area contributed by atoms with E-state index >= 15 is 0 Å². The first-order valence-electron chi connectivity index (χ1n) is 6.62. The number of ether oxygens (including phenoxy) is 2. The number of hydrogen-bond donors (Lipinski definition) is 1. The van der Waals surface area contributed by atoms with Gasteiger partial charge in [0.2, 0.25) is 0 Å². The predicted molar refractivity (Wildman–Crippen MR) is 84.3 cm³/mol. The number of rotatable bonds is 7. The van der Waals surface area contributed by atoms with Gasteiger partial charge in [0.05, 0.1) is 0 Å². The Bertz CT molecular complexity index is 555. The van der Waals surface area contributed by atoms with Gasteiger partial charge in [-0.3, -0.25) is 0 Å². The molecule has 0 aliphatic heterocycles. The third kappa shape index (κ3) is 5.36. The Morgan fingerprint density at radius 1 is 1.00 bits per heavy atom. The lowest BCUT2D eigenvalue weighted by Gasteiger charge is -2.09. The average Bonchev–Trinajstić information content (AvgIpc) is 2.45. The van der Waals surface area contributed by atoms with Crippen LogP contribution in [-0.2, 0) is 6.54 Å². The van der Waals surface area contributed by atoms with Gasteiger partial charge < -0.3 is 14.8 Å². The van der Waals surface area contributed by atoms with Gasteiger partial charge in [0.25, 0.3) is 0 Å². The lowest BCUT2D eigenvalue weighted by molar-refractivity contribution is 0.216. The minimum Gasteiger partial charge on any atom is -0.490 e. The highest BCUT2D eigenvalue weighted by Gasteiger charge is 2.00. The molecule has 5 heteroatoms. The summed E-state index contributed by atoms with van der Waals surface area (Å²) in [5.41, 5.74) is 1.20. The molecule has 2 rings (SSSR count). The van der Waals surface area contributed by atoms with Crippen LogP contribution in [0.1, 0.15) is 5.56 Å². The summed E-state index contributed by atoms with van der Waals surface area (Å²) in [6, 6.07) is 12.3. The van der Waals surface area contributed by atoms with Crippen molar-refractivity contribution >= 4 is 15.9 Å². The highest BCUT2D eigenvalue weighted by atomic mass is 79.9. The van der Waals surface area contributed by atoms with E-state index in [9.17, 15) is 4.39 Å². The van der Waals surface area contributed by atoms with Crippen molar-refractivity contribution < 1.29 is 13.9 Å². The molecule has 21 heavy (non-hydrogen) atoms. The summed E-state index contributed by atoms with van der Waals surface area (Å²) in [7, 11) is 1.91. The molecular formula is C16H17BrFNO2. The Hall–Kier alpha value is -1.59. The van der Waals surface area contributed by atoms with E-state index in [-0.39, 0.29) is 5.82 Å². The Kier molecular flexibility index (Phi) is 6.02. The van der Waals surface area contributed by atoms with Crippen LogP contribution in [0.3, 0.4) is 0 Å². The van der Waals surface area contributed by atoms with E-state index in [1.54, 1.807) is 6.07 Å². The minimum absolute atomic E-state index is 0.333. The third-order valence-corrected chi connectivity index (χ3v) is 3.22. The van der Waals surface area contributed by atoms with Crippen LogP contribution in [0, 0.1) is 5.82 Å². The van der Waals surface area contributed by atoms with Crippen molar-refractivity contribution in [3.05, 3.63) is 58.3 Å². The molecule has 0 aliphatic rings. The van der Waals surface area contributed by atoms with Gasteiger partial charge in [-0.25, -0.2) is 4.39 Å². The van der Waals surface area contributed by atoms with Gasteiger partial charge in [0.15, 0.2) is 0 Å². The molecule has 0 unspecified atom stereocenters. The highest BCUT2D eigenvalue weighted by molar-refractivity contribution is 9.10. The quantitative estimate of drug-likeness (QED) is 0.768. The van der Waals surface area contributed by atoms with E-state index in [0.717, 1.165) is 12.3 Å². The monoisotopic (exact) mass is 353 g/mol. The maximum Gasteiger partial charge on any atom is 0.128 e. The smallest absolute Gasteiger partial charge is 0.128 e. The number of halogens is 2. The molecule has 0 atom stereocenters. The fourth-order valence-corrected chi connectivity index (χ4v) is 2.28. The molecular weight excluding hydrogens is 337 g/mol. The summed E-state index contributed by atoms with van der Waals surface area (Å²) in [5.74, 6) is 0.939. The standard InChI is InChI=1S/C16H17BrFNO2/c1-19-11-12-2-4-15(5-3-12)20-6-7-21-16-9-13(17)8-14(18)10-16/h2-5,8-10,19H,6-7,11H2,1H3. The lowest BCUT2D eigenvalue weighted by atomic mass is 10.2. The maximum atomic E-state index is 13.2. The lowest BCUT2D eigenvalue weighted by Crippen LogP contribution is -2.09. The number of hydrogen-bond acceptors (Lipinski definition) is 3. The molecule has 0 radical (unpaired) electrons. The summed E-state index contributed by atoms with van der Waals surface area (Å²) in [6.07, 6.45) is 0. The van der Waals surface area contributed by atoms with Crippen molar-refractivity contribution in [2.45, 2.75) is 6.54 Å². The Labute approximate surface area is 132 Å². The fraction of sp³-hybridized carbons (Fsp3) is 0.250. The zero-order valence-electron chi connectivity index (χ0n) is 11.7.